The second-order valence-corrected chi connectivity index (χ2v) is 7.14. The molecule has 0 aliphatic heterocycles. The number of benzene rings is 1. The predicted octanol–water partition coefficient (Wildman–Crippen LogP) is 2.44. The van der Waals surface area contributed by atoms with Crippen LogP contribution in [0.1, 0.15) is 10.6 Å². The highest BCUT2D eigenvalue weighted by Crippen LogP contribution is 2.21. The fraction of sp³-hybridized carbons (Fsp3) is 0.200. The normalized spacial score (nSPS) is 10.7. The molecule has 118 valence electrons. The van der Waals surface area contributed by atoms with Gasteiger partial charge in [-0.25, -0.2) is 4.68 Å². The number of aryl methyl sites for hydroxylation is 1. The van der Waals surface area contributed by atoms with E-state index in [4.69, 9.17) is 0 Å². The van der Waals surface area contributed by atoms with E-state index in [2.05, 4.69) is 20.6 Å². The molecule has 2 heterocycles. The minimum Gasteiger partial charge on any atom is -0.351 e. The molecule has 0 atom stereocenters. The summed E-state index contributed by atoms with van der Waals surface area (Å²) in [7, 11) is 0. The molecule has 0 fully saturated rings. The zero-order valence-electron chi connectivity index (χ0n) is 12.5. The maximum Gasteiger partial charge on any atom is 0.230 e. The van der Waals surface area contributed by atoms with Crippen molar-refractivity contribution in [1.29, 1.82) is 0 Å². The lowest BCUT2D eigenvalue weighted by atomic mass is 10.2. The van der Waals surface area contributed by atoms with Crippen LogP contribution in [0.4, 0.5) is 0 Å². The van der Waals surface area contributed by atoms with Gasteiger partial charge in [-0.15, -0.1) is 10.2 Å². The molecule has 1 amide bonds. The van der Waals surface area contributed by atoms with Crippen LogP contribution >= 0.6 is 23.1 Å². The molecule has 2 aromatic heterocycles. The van der Waals surface area contributed by atoms with Crippen LogP contribution in [0.15, 0.2) is 47.1 Å². The Hall–Kier alpha value is -2.19. The molecular formula is C15H15N5OS2. The number of para-hydroxylation sites is 1. The lowest BCUT2D eigenvalue weighted by Gasteiger charge is -2.10. The van der Waals surface area contributed by atoms with Crippen LogP contribution < -0.4 is 5.32 Å². The van der Waals surface area contributed by atoms with Crippen molar-refractivity contribution in [1.82, 2.24) is 25.3 Å². The van der Waals surface area contributed by atoms with Crippen molar-refractivity contribution < 1.29 is 4.79 Å². The molecule has 1 N–H and O–H groups in total. The third-order valence-electron chi connectivity index (χ3n) is 3.05. The summed E-state index contributed by atoms with van der Waals surface area (Å²) in [5.41, 5.74) is 1.98. The summed E-state index contributed by atoms with van der Waals surface area (Å²) in [6.45, 7) is 2.36. The standard InChI is InChI=1S/C15H15N5OS2/c1-11-18-19-15(23-11)22-10-14(21)16-9-12-5-2-3-6-13(12)20-8-4-7-17-20/h2-8H,9-10H2,1H3,(H,16,21). The van der Waals surface area contributed by atoms with Gasteiger partial charge >= 0.3 is 0 Å². The first-order valence-electron chi connectivity index (χ1n) is 7.00. The van der Waals surface area contributed by atoms with Gasteiger partial charge in [0.05, 0.1) is 11.4 Å². The Morgan fingerprint density at radius 3 is 2.91 bits per heavy atom. The number of hydrogen-bond acceptors (Lipinski definition) is 6. The molecule has 0 aliphatic carbocycles. The smallest absolute Gasteiger partial charge is 0.230 e. The van der Waals surface area contributed by atoms with Crippen molar-refractivity contribution in [2.24, 2.45) is 0 Å². The van der Waals surface area contributed by atoms with E-state index in [1.54, 1.807) is 10.9 Å². The van der Waals surface area contributed by atoms with Gasteiger partial charge in [-0.05, 0) is 24.6 Å². The summed E-state index contributed by atoms with van der Waals surface area (Å²) in [5, 5.41) is 16.0. The van der Waals surface area contributed by atoms with E-state index in [-0.39, 0.29) is 5.91 Å². The Balaban J connectivity index is 1.57. The molecule has 6 nitrogen and oxygen atoms in total. The number of nitrogens with zero attached hydrogens (tertiary/aromatic N) is 4. The third kappa shape index (κ3) is 4.17. The number of hydrogen-bond donors (Lipinski definition) is 1. The SMILES string of the molecule is Cc1nnc(SCC(=O)NCc2ccccc2-n2cccn2)s1. The van der Waals surface area contributed by atoms with Gasteiger partial charge < -0.3 is 5.32 Å². The summed E-state index contributed by atoms with van der Waals surface area (Å²) in [6, 6.07) is 9.74. The third-order valence-corrected chi connectivity index (χ3v) is 5.03. The Bertz CT molecular complexity index is 785. The second kappa shape index (κ2) is 7.38. The van der Waals surface area contributed by atoms with Gasteiger partial charge in [0.2, 0.25) is 5.91 Å². The Morgan fingerprint density at radius 1 is 1.30 bits per heavy atom. The van der Waals surface area contributed by atoms with Crippen molar-refractivity contribution in [3.63, 3.8) is 0 Å². The number of nitrogens with one attached hydrogen (secondary N) is 1. The first kappa shape index (κ1) is 15.7. The quantitative estimate of drug-likeness (QED) is 0.695. The van der Waals surface area contributed by atoms with Gasteiger partial charge in [-0.2, -0.15) is 5.10 Å². The van der Waals surface area contributed by atoms with E-state index in [9.17, 15) is 4.79 Å². The van der Waals surface area contributed by atoms with E-state index in [0.29, 0.717) is 12.3 Å². The first-order valence-corrected chi connectivity index (χ1v) is 8.80. The average Bonchev–Trinajstić information content (AvgIpc) is 3.23. The van der Waals surface area contributed by atoms with Crippen LogP contribution in [0, 0.1) is 6.92 Å². The highest BCUT2D eigenvalue weighted by atomic mass is 32.2. The summed E-state index contributed by atoms with van der Waals surface area (Å²) in [6.07, 6.45) is 3.62. The summed E-state index contributed by atoms with van der Waals surface area (Å²) in [5.74, 6) is 0.302. The lowest BCUT2D eigenvalue weighted by Crippen LogP contribution is -2.25. The zero-order chi connectivity index (χ0) is 16.1. The van der Waals surface area contributed by atoms with Gasteiger partial charge in [0.1, 0.15) is 5.01 Å². The van der Waals surface area contributed by atoms with Crippen LogP contribution in [0.5, 0.6) is 0 Å². The molecule has 23 heavy (non-hydrogen) atoms. The van der Waals surface area contributed by atoms with Crippen LogP contribution in [0.2, 0.25) is 0 Å². The molecule has 0 aliphatic rings. The maximum atomic E-state index is 12.0. The number of carbonyl (C=O) groups excluding carboxylic acids is 1. The molecular weight excluding hydrogens is 330 g/mol. The van der Waals surface area contributed by atoms with E-state index >= 15 is 0 Å². The number of amides is 1. The Kier molecular flexibility index (Phi) is 5.04. The van der Waals surface area contributed by atoms with Crippen molar-refractivity contribution in [2.75, 3.05) is 5.75 Å². The first-order chi connectivity index (χ1) is 11.2. The monoisotopic (exact) mass is 345 g/mol. The van der Waals surface area contributed by atoms with Crippen LogP contribution in [-0.2, 0) is 11.3 Å². The van der Waals surface area contributed by atoms with Gasteiger partial charge in [0, 0.05) is 18.9 Å². The number of aromatic nitrogens is 4. The number of thioether (sulfide) groups is 1. The molecule has 1 aromatic carbocycles. The zero-order valence-corrected chi connectivity index (χ0v) is 14.1. The molecule has 0 spiro atoms. The fourth-order valence-electron chi connectivity index (χ4n) is 2.00. The van der Waals surface area contributed by atoms with Crippen LogP contribution in [0.25, 0.3) is 5.69 Å². The van der Waals surface area contributed by atoms with E-state index < -0.39 is 0 Å². The minimum absolute atomic E-state index is 0.0295. The molecule has 3 rings (SSSR count). The highest BCUT2D eigenvalue weighted by Gasteiger charge is 2.08. The van der Waals surface area contributed by atoms with Gasteiger partial charge in [0.25, 0.3) is 0 Å². The van der Waals surface area contributed by atoms with E-state index in [0.717, 1.165) is 20.6 Å². The molecule has 0 unspecified atom stereocenters. The molecule has 0 saturated heterocycles. The van der Waals surface area contributed by atoms with Crippen molar-refractivity contribution in [2.45, 2.75) is 17.8 Å². The Morgan fingerprint density at radius 2 is 2.17 bits per heavy atom. The van der Waals surface area contributed by atoms with Gasteiger partial charge in [0.15, 0.2) is 4.34 Å². The maximum absolute atomic E-state index is 12.0. The predicted molar refractivity (Wildman–Crippen MR) is 90.8 cm³/mol. The molecule has 0 saturated carbocycles. The summed E-state index contributed by atoms with van der Waals surface area (Å²) in [4.78, 5) is 12.0. The summed E-state index contributed by atoms with van der Waals surface area (Å²) < 4.78 is 2.61. The van der Waals surface area contributed by atoms with Crippen molar-refractivity contribution >= 4 is 29.0 Å². The minimum atomic E-state index is -0.0295. The molecule has 8 heteroatoms. The second-order valence-electron chi connectivity index (χ2n) is 4.73. The van der Waals surface area contributed by atoms with Gasteiger partial charge in [-0.3, -0.25) is 4.79 Å². The van der Waals surface area contributed by atoms with Crippen molar-refractivity contribution in [3.05, 3.63) is 53.3 Å². The Labute approximate surface area is 141 Å². The van der Waals surface area contributed by atoms with Crippen LogP contribution in [0.3, 0.4) is 0 Å². The van der Waals surface area contributed by atoms with Gasteiger partial charge in [-0.1, -0.05) is 41.3 Å². The molecule has 3 aromatic rings. The average molecular weight is 345 g/mol. The topological polar surface area (TPSA) is 72.7 Å². The lowest BCUT2D eigenvalue weighted by molar-refractivity contribution is -0.118. The van der Waals surface area contributed by atoms with E-state index in [1.807, 2.05) is 43.5 Å². The van der Waals surface area contributed by atoms with Crippen molar-refractivity contribution in [3.8, 4) is 5.69 Å². The largest absolute Gasteiger partial charge is 0.351 e. The molecule has 0 radical (unpaired) electrons. The van der Waals surface area contributed by atoms with Crippen LogP contribution in [-0.4, -0.2) is 31.6 Å². The number of rotatable bonds is 6. The summed E-state index contributed by atoms with van der Waals surface area (Å²) >= 11 is 2.90. The fourth-order valence-corrected chi connectivity index (χ4v) is 3.65. The molecule has 0 bridgehead atoms. The highest BCUT2D eigenvalue weighted by molar-refractivity contribution is 8.01. The van der Waals surface area contributed by atoms with E-state index in [1.165, 1.54) is 23.1 Å². The number of carbonyl (C=O) groups is 1.